The summed E-state index contributed by atoms with van der Waals surface area (Å²) in [5.74, 6) is -0.387. The lowest BCUT2D eigenvalue weighted by atomic mass is 10.1. The van der Waals surface area contributed by atoms with E-state index >= 15 is 0 Å². The Labute approximate surface area is 158 Å². The van der Waals surface area contributed by atoms with Crippen molar-refractivity contribution in [2.75, 3.05) is 27.2 Å². The minimum Gasteiger partial charge on any atom is -0.354 e. The third kappa shape index (κ3) is 3.62. The summed E-state index contributed by atoms with van der Waals surface area (Å²) >= 11 is 6.36. The number of fused-ring (bicyclic) bond motifs is 2. The number of nitrogens with zero attached hydrogens (tertiary/aromatic N) is 2. The van der Waals surface area contributed by atoms with Crippen molar-refractivity contribution in [2.24, 2.45) is 0 Å². The maximum atomic E-state index is 12.9. The third-order valence-corrected chi connectivity index (χ3v) is 4.58. The molecule has 27 heavy (non-hydrogen) atoms. The van der Waals surface area contributed by atoms with Crippen molar-refractivity contribution in [1.82, 2.24) is 15.2 Å². The minimum atomic E-state index is -0.570. The van der Waals surface area contributed by atoms with Gasteiger partial charge in [-0.2, -0.15) is 0 Å². The van der Waals surface area contributed by atoms with E-state index in [1.54, 1.807) is 12.1 Å². The molecule has 2 aromatic carbocycles. The zero-order valence-corrected chi connectivity index (χ0v) is 15.5. The second kappa shape index (κ2) is 7.34. The lowest BCUT2D eigenvalue weighted by Gasteiger charge is -2.12. The highest BCUT2D eigenvalue weighted by atomic mass is 35.5. The molecular formula is C18H17ClN4O4. The Morgan fingerprint density at radius 3 is 2.63 bits per heavy atom. The molecule has 0 aliphatic rings. The zero-order valence-electron chi connectivity index (χ0n) is 14.7. The molecule has 0 aliphatic carbocycles. The van der Waals surface area contributed by atoms with Crippen LogP contribution in [-0.2, 0) is 0 Å². The smallest absolute Gasteiger partial charge is 0.270 e. The summed E-state index contributed by atoms with van der Waals surface area (Å²) in [4.78, 5) is 40.7. The maximum absolute atomic E-state index is 12.9. The Hall–Kier alpha value is -2.97. The first kappa shape index (κ1) is 18.8. The number of carbonyl (C=O) groups excluding carboxylic acids is 1. The van der Waals surface area contributed by atoms with Crippen molar-refractivity contribution in [3.8, 4) is 0 Å². The number of nitro groups is 1. The summed E-state index contributed by atoms with van der Waals surface area (Å²) in [5, 5.41) is 14.0. The second-order valence-electron chi connectivity index (χ2n) is 6.35. The fraction of sp³-hybridized carbons (Fsp3) is 0.222. The SMILES string of the molecule is CN(C)CCNC(=O)c1ccc2[nH]c3ccc([N+](=O)[O-])cc3c(=O)c2c1Cl. The first-order valence-electron chi connectivity index (χ1n) is 8.15. The lowest BCUT2D eigenvalue weighted by Crippen LogP contribution is -2.31. The number of nitrogens with one attached hydrogen (secondary N) is 2. The van der Waals surface area contributed by atoms with Crippen LogP contribution in [0.1, 0.15) is 10.4 Å². The summed E-state index contributed by atoms with van der Waals surface area (Å²) in [5.41, 5.74) is 0.434. The molecule has 0 saturated heterocycles. The molecule has 2 N–H and O–H groups in total. The van der Waals surface area contributed by atoms with Crippen molar-refractivity contribution >= 4 is 45.0 Å². The fourth-order valence-electron chi connectivity index (χ4n) is 2.79. The number of rotatable bonds is 5. The zero-order chi connectivity index (χ0) is 19.7. The molecule has 0 aliphatic heterocycles. The number of carbonyl (C=O) groups is 1. The van der Waals surface area contributed by atoms with E-state index in [1.807, 2.05) is 19.0 Å². The van der Waals surface area contributed by atoms with Crippen LogP contribution in [0.4, 0.5) is 5.69 Å². The van der Waals surface area contributed by atoms with Crippen LogP contribution in [0.3, 0.4) is 0 Å². The highest BCUT2D eigenvalue weighted by Crippen LogP contribution is 2.27. The Balaban J connectivity index is 2.12. The standard InChI is InChI=1S/C18H17ClN4O4/c1-22(2)8-7-20-18(25)11-4-6-14-15(16(11)19)17(24)12-9-10(23(26)27)3-5-13(12)21-14/h3-6,9H,7-8H2,1-2H3,(H,20,25)(H,21,24). The van der Waals surface area contributed by atoms with E-state index in [1.165, 1.54) is 18.2 Å². The third-order valence-electron chi connectivity index (χ3n) is 4.19. The predicted molar refractivity (Wildman–Crippen MR) is 105 cm³/mol. The number of aromatic nitrogens is 1. The predicted octanol–water partition coefficient (Wildman–Crippen LogP) is 2.53. The number of non-ortho nitro benzene ring substituents is 1. The topological polar surface area (TPSA) is 108 Å². The average molecular weight is 389 g/mol. The molecule has 0 radical (unpaired) electrons. The molecule has 9 heteroatoms. The van der Waals surface area contributed by atoms with E-state index in [2.05, 4.69) is 10.3 Å². The Kier molecular flexibility index (Phi) is 5.11. The lowest BCUT2D eigenvalue weighted by molar-refractivity contribution is -0.384. The molecule has 0 spiro atoms. The molecule has 1 aromatic heterocycles. The largest absolute Gasteiger partial charge is 0.354 e. The Bertz CT molecular complexity index is 1120. The number of pyridine rings is 1. The number of hydrogen-bond acceptors (Lipinski definition) is 5. The number of likely N-dealkylation sites (N-methyl/N-ethyl adjacent to an activating group) is 1. The normalized spacial score (nSPS) is 11.3. The summed E-state index contributed by atoms with van der Waals surface area (Å²) < 4.78 is 0. The summed E-state index contributed by atoms with van der Waals surface area (Å²) in [6.45, 7) is 1.09. The number of aromatic amines is 1. The van der Waals surface area contributed by atoms with Gasteiger partial charge in [-0.1, -0.05) is 11.6 Å². The van der Waals surface area contributed by atoms with Crippen LogP contribution in [-0.4, -0.2) is 47.9 Å². The molecule has 8 nitrogen and oxygen atoms in total. The fourth-order valence-corrected chi connectivity index (χ4v) is 3.12. The van der Waals surface area contributed by atoms with Crippen LogP contribution in [0, 0.1) is 10.1 Å². The minimum absolute atomic E-state index is 0.0181. The molecule has 0 saturated carbocycles. The van der Waals surface area contributed by atoms with Gasteiger partial charge in [0.25, 0.3) is 11.6 Å². The van der Waals surface area contributed by atoms with Gasteiger partial charge in [0.05, 0.1) is 37.3 Å². The first-order valence-corrected chi connectivity index (χ1v) is 8.53. The number of hydrogen-bond donors (Lipinski definition) is 2. The van der Waals surface area contributed by atoms with Gasteiger partial charge in [-0.25, -0.2) is 0 Å². The number of benzene rings is 2. The molecule has 0 fully saturated rings. The van der Waals surface area contributed by atoms with E-state index in [9.17, 15) is 19.7 Å². The Morgan fingerprint density at radius 2 is 1.96 bits per heavy atom. The quantitative estimate of drug-likeness (QED) is 0.396. The van der Waals surface area contributed by atoms with Gasteiger partial charge in [-0.15, -0.1) is 0 Å². The van der Waals surface area contributed by atoms with Crippen LogP contribution in [0.5, 0.6) is 0 Å². The highest BCUT2D eigenvalue weighted by Gasteiger charge is 2.18. The molecule has 0 atom stereocenters. The van der Waals surface area contributed by atoms with Crippen LogP contribution < -0.4 is 10.7 Å². The van der Waals surface area contributed by atoms with Crippen LogP contribution in [0.15, 0.2) is 35.1 Å². The molecule has 0 bridgehead atoms. The second-order valence-corrected chi connectivity index (χ2v) is 6.73. The highest BCUT2D eigenvalue weighted by molar-refractivity contribution is 6.38. The van der Waals surface area contributed by atoms with Gasteiger partial charge in [-0.05, 0) is 32.3 Å². The van der Waals surface area contributed by atoms with Gasteiger partial charge in [0.1, 0.15) is 0 Å². The monoisotopic (exact) mass is 388 g/mol. The van der Waals surface area contributed by atoms with Gasteiger partial charge in [0, 0.05) is 25.2 Å². The molecular weight excluding hydrogens is 372 g/mol. The van der Waals surface area contributed by atoms with E-state index in [-0.39, 0.29) is 33.0 Å². The molecule has 140 valence electrons. The van der Waals surface area contributed by atoms with Crippen molar-refractivity contribution in [1.29, 1.82) is 0 Å². The molecule has 3 rings (SSSR count). The van der Waals surface area contributed by atoms with Crippen molar-refractivity contribution < 1.29 is 9.72 Å². The van der Waals surface area contributed by atoms with Gasteiger partial charge >= 0.3 is 0 Å². The van der Waals surface area contributed by atoms with E-state index in [0.29, 0.717) is 24.1 Å². The molecule has 0 unspecified atom stereocenters. The van der Waals surface area contributed by atoms with Crippen LogP contribution in [0.2, 0.25) is 5.02 Å². The number of amides is 1. The van der Waals surface area contributed by atoms with Crippen molar-refractivity contribution in [2.45, 2.75) is 0 Å². The summed E-state index contributed by atoms with van der Waals surface area (Å²) in [7, 11) is 3.78. The van der Waals surface area contributed by atoms with Gasteiger partial charge in [-0.3, -0.25) is 19.7 Å². The van der Waals surface area contributed by atoms with Crippen LogP contribution >= 0.6 is 11.6 Å². The summed E-state index contributed by atoms with van der Waals surface area (Å²) in [6.07, 6.45) is 0. The van der Waals surface area contributed by atoms with E-state index < -0.39 is 10.4 Å². The Morgan fingerprint density at radius 1 is 1.26 bits per heavy atom. The van der Waals surface area contributed by atoms with Gasteiger partial charge in [0.2, 0.25) is 0 Å². The van der Waals surface area contributed by atoms with E-state index in [0.717, 1.165) is 0 Å². The first-order chi connectivity index (χ1) is 12.8. The maximum Gasteiger partial charge on any atom is 0.270 e. The number of nitro benzene ring substituents is 1. The molecule has 1 heterocycles. The summed E-state index contributed by atoms with van der Waals surface area (Å²) in [6, 6.07) is 7.14. The number of halogens is 1. The molecule has 1 amide bonds. The van der Waals surface area contributed by atoms with Crippen LogP contribution in [0.25, 0.3) is 21.8 Å². The van der Waals surface area contributed by atoms with Crippen molar-refractivity contribution in [3.05, 3.63) is 61.3 Å². The van der Waals surface area contributed by atoms with Gasteiger partial charge in [0.15, 0.2) is 5.43 Å². The average Bonchev–Trinajstić information content (AvgIpc) is 2.61. The van der Waals surface area contributed by atoms with Crippen molar-refractivity contribution in [3.63, 3.8) is 0 Å². The molecule has 3 aromatic rings. The van der Waals surface area contributed by atoms with Gasteiger partial charge < -0.3 is 15.2 Å². The van der Waals surface area contributed by atoms with E-state index in [4.69, 9.17) is 11.6 Å². The number of H-pyrrole nitrogens is 1.